The molecule has 1 aromatic carbocycles. The zero-order valence-electron chi connectivity index (χ0n) is 14.8. The smallest absolute Gasteiger partial charge is 0.422 e. The van der Waals surface area contributed by atoms with Gasteiger partial charge in [-0.3, -0.25) is 9.59 Å². The lowest BCUT2D eigenvalue weighted by Gasteiger charge is -2.29. The van der Waals surface area contributed by atoms with Gasteiger partial charge in [-0.05, 0) is 11.6 Å². The number of rotatable bonds is 4. The van der Waals surface area contributed by atoms with Crippen LogP contribution < -0.4 is 10.1 Å². The molecule has 2 heterocycles. The Hall–Kier alpha value is -3.10. The van der Waals surface area contributed by atoms with E-state index >= 15 is 0 Å². The third-order valence-corrected chi connectivity index (χ3v) is 4.24. The van der Waals surface area contributed by atoms with E-state index in [2.05, 4.69) is 15.0 Å². The summed E-state index contributed by atoms with van der Waals surface area (Å²) in [6.07, 6.45) is -3.17. The summed E-state index contributed by atoms with van der Waals surface area (Å²) in [7, 11) is 0. The van der Waals surface area contributed by atoms with Crippen LogP contribution in [-0.2, 0) is 4.79 Å². The van der Waals surface area contributed by atoms with Crippen molar-refractivity contribution >= 4 is 11.8 Å². The predicted molar refractivity (Wildman–Crippen MR) is 93.6 cm³/mol. The molecule has 2 amide bonds. The van der Waals surface area contributed by atoms with Crippen molar-refractivity contribution in [2.24, 2.45) is 0 Å². The van der Waals surface area contributed by atoms with E-state index in [0.717, 1.165) is 5.56 Å². The van der Waals surface area contributed by atoms with Gasteiger partial charge < -0.3 is 15.0 Å². The van der Waals surface area contributed by atoms with E-state index in [-0.39, 0.29) is 29.7 Å². The molecule has 1 unspecified atom stereocenters. The van der Waals surface area contributed by atoms with Crippen LogP contribution in [0.3, 0.4) is 0 Å². The first kappa shape index (κ1) is 19.7. The van der Waals surface area contributed by atoms with E-state index in [1.807, 2.05) is 30.3 Å². The Balaban J connectivity index is 1.79. The number of hydrogen-bond donors (Lipinski definition) is 1. The Morgan fingerprint density at radius 1 is 1.21 bits per heavy atom. The lowest BCUT2D eigenvalue weighted by atomic mass is 10.0. The van der Waals surface area contributed by atoms with E-state index < -0.39 is 18.8 Å². The van der Waals surface area contributed by atoms with Crippen LogP contribution in [0.4, 0.5) is 13.2 Å². The number of hydrogen-bond acceptors (Lipinski definition) is 4. The van der Waals surface area contributed by atoms with Crippen molar-refractivity contribution in [1.82, 2.24) is 15.2 Å². The Morgan fingerprint density at radius 2 is 1.96 bits per heavy atom. The number of ether oxygens (including phenoxy) is 1. The molecule has 1 saturated heterocycles. The SMILES string of the molecule is O=C1CC(c2ccccc2)N(C(=O)c2ccc(OCC(F)(F)F)nc2)CCN1. The van der Waals surface area contributed by atoms with Crippen molar-refractivity contribution in [2.75, 3.05) is 19.7 Å². The van der Waals surface area contributed by atoms with Gasteiger partial charge in [0, 0.05) is 25.4 Å². The molecule has 0 aliphatic carbocycles. The highest BCUT2D eigenvalue weighted by atomic mass is 19.4. The second kappa shape index (κ2) is 8.28. The summed E-state index contributed by atoms with van der Waals surface area (Å²) in [5, 5.41) is 2.75. The molecule has 1 fully saturated rings. The van der Waals surface area contributed by atoms with Gasteiger partial charge in [-0.25, -0.2) is 4.98 Å². The number of halogens is 3. The zero-order chi connectivity index (χ0) is 20.1. The summed E-state index contributed by atoms with van der Waals surface area (Å²) in [4.78, 5) is 30.3. The summed E-state index contributed by atoms with van der Waals surface area (Å²) in [5.41, 5.74) is 1.03. The number of carbonyl (C=O) groups excluding carboxylic acids is 2. The lowest BCUT2D eigenvalue weighted by molar-refractivity contribution is -0.154. The molecule has 0 spiro atoms. The summed E-state index contributed by atoms with van der Waals surface area (Å²) in [5.74, 6) is -0.736. The first-order valence-electron chi connectivity index (χ1n) is 8.62. The molecule has 0 saturated carbocycles. The minimum atomic E-state index is -4.47. The first-order chi connectivity index (χ1) is 13.3. The highest BCUT2D eigenvalue weighted by Crippen LogP contribution is 2.27. The van der Waals surface area contributed by atoms with Crippen molar-refractivity contribution < 1.29 is 27.5 Å². The zero-order valence-corrected chi connectivity index (χ0v) is 14.8. The molecule has 1 aliphatic heterocycles. The monoisotopic (exact) mass is 393 g/mol. The number of aromatic nitrogens is 1. The van der Waals surface area contributed by atoms with Crippen LogP contribution in [0.25, 0.3) is 0 Å². The summed E-state index contributed by atoms with van der Waals surface area (Å²) >= 11 is 0. The lowest BCUT2D eigenvalue weighted by Crippen LogP contribution is -2.36. The molecule has 1 aliphatic rings. The van der Waals surface area contributed by atoms with Crippen LogP contribution >= 0.6 is 0 Å². The molecule has 2 aromatic rings. The molecule has 9 heteroatoms. The van der Waals surface area contributed by atoms with Crippen molar-refractivity contribution in [3.05, 3.63) is 59.8 Å². The number of benzene rings is 1. The van der Waals surface area contributed by atoms with E-state index in [0.29, 0.717) is 13.1 Å². The third kappa shape index (κ3) is 4.99. The minimum absolute atomic E-state index is 0.121. The van der Waals surface area contributed by atoms with Gasteiger partial charge in [0.15, 0.2) is 6.61 Å². The van der Waals surface area contributed by atoms with Gasteiger partial charge in [0.25, 0.3) is 5.91 Å². The largest absolute Gasteiger partial charge is 0.468 e. The fourth-order valence-corrected chi connectivity index (χ4v) is 2.96. The van der Waals surface area contributed by atoms with Crippen LogP contribution in [0.5, 0.6) is 5.88 Å². The number of nitrogens with zero attached hydrogens (tertiary/aromatic N) is 2. The average molecular weight is 393 g/mol. The van der Waals surface area contributed by atoms with Gasteiger partial charge in [-0.1, -0.05) is 30.3 Å². The second-order valence-corrected chi connectivity index (χ2v) is 6.27. The average Bonchev–Trinajstić information content (AvgIpc) is 2.88. The van der Waals surface area contributed by atoms with Crippen LogP contribution in [0.2, 0.25) is 0 Å². The molecule has 148 valence electrons. The highest BCUT2D eigenvalue weighted by Gasteiger charge is 2.31. The van der Waals surface area contributed by atoms with Gasteiger partial charge in [0.2, 0.25) is 11.8 Å². The van der Waals surface area contributed by atoms with Crippen LogP contribution in [-0.4, -0.2) is 47.6 Å². The molecule has 0 radical (unpaired) electrons. The Labute approximate surface area is 159 Å². The number of nitrogens with one attached hydrogen (secondary N) is 1. The topological polar surface area (TPSA) is 71.5 Å². The molecule has 6 nitrogen and oxygen atoms in total. The predicted octanol–water partition coefficient (Wildman–Crippen LogP) is 2.73. The summed E-state index contributed by atoms with van der Waals surface area (Å²) in [6, 6.07) is 11.3. The molecule has 28 heavy (non-hydrogen) atoms. The van der Waals surface area contributed by atoms with E-state index in [1.165, 1.54) is 18.3 Å². The van der Waals surface area contributed by atoms with Gasteiger partial charge in [0.1, 0.15) is 0 Å². The van der Waals surface area contributed by atoms with E-state index in [9.17, 15) is 22.8 Å². The number of carbonyl (C=O) groups is 2. The molecule has 1 atom stereocenters. The van der Waals surface area contributed by atoms with Gasteiger partial charge in [-0.2, -0.15) is 13.2 Å². The van der Waals surface area contributed by atoms with Crippen LogP contribution in [0, 0.1) is 0 Å². The second-order valence-electron chi connectivity index (χ2n) is 6.27. The fraction of sp³-hybridized carbons (Fsp3) is 0.316. The molecule has 3 rings (SSSR count). The maximum atomic E-state index is 13.0. The summed E-state index contributed by atoms with van der Waals surface area (Å²) in [6.45, 7) is -0.839. The normalized spacial score (nSPS) is 17.6. The molecule has 0 bridgehead atoms. The maximum absolute atomic E-state index is 13.0. The highest BCUT2D eigenvalue weighted by molar-refractivity contribution is 5.95. The van der Waals surface area contributed by atoms with Crippen molar-refractivity contribution in [3.8, 4) is 5.88 Å². The van der Waals surface area contributed by atoms with Gasteiger partial charge >= 0.3 is 6.18 Å². The fourth-order valence-electron chi connectivity index (χ4n) is 2.96. The Bertz CT molecular complexity index is 826. The van der Waals surface area contributed by atoms with Gasteiger partial charge in [-0.15, -0.1) is 0 Å². The Morgan fingerprint density at radius 3 is 2.61 bits per heavy atom. The van der Waals surface area contributed by atoms with E-state index in [1.54, 1.807) is 4.90 Å². The van der Waals surface area contributed by atoms with Crippen LogP contribution in [0.15, 0.2) is 48.7 Å². The quantitative estimate of drug-likeness (QED) is 0.867. The maximum Gasteiger partial charge on any atom is 0.422 e. The van der Waals surface area contributed by atoms with Crippen molar-refractivity contribution in [1.29, 1.82) is 0 Å². The number of pyridine rings is 1. The summed E-state index contributed by atoms with van der Waals surface area (Å²) < 4.78 is 41.2. The number of amides is 2. The molecular weight excluding hydrogens is 375 g/mol. The van der Waals surface area contributed by atoms with Crippen molar-refractivity contribution in [3.63, 3.8) is 0 Å². The van der Waals surface area contributed by atoms with E-state index in [4.69, 9.17) is 0 Å². The first-order valence-corrected chi connectivity index (χ1v) is 8.62. The number of alkyl halides is 3. The molecular formula is C19H18F3N3O3. The Kier molecular flexibility index (Phi) is 5.81. The molecule has 1 N–H and O–H groups in total. The van der Waals surface area contributed by atoms with Crippen LogP contribution in [0.1, 0.15) is 28.4 Å². The molecule has 1 aromatic heterocycles. The third-order valence-electron chi connectivity index (χ3n) is 4.24. The van der Waals surface area contributed by atoms with Gasteiger partial charge in [0.05, 0.1) is 18.0 Å². The minimum Gasteiger partial charge on any atom is -0.468 e. The van der Waals surface area contributed by atoms with Crippen molar-refractivity contribution in [2.45, 2.75) is 18.6 Å². The standard InChI is InChI=1S/C19H18F3N3O3/c20-19(21,22)12-28-17-7-6-14(11-24-17)18(27)25-9-8-23-16(26)10-15(25)13-4-2-1-3-5-13/h1-7,11,15H,8-10,12H2,(H,23,26).